The zero-order chi connectivity index (χ0) is 29.1. The molecule has 1 fully saturated rings. The summed E-state index contributed by atoms with van der Waals surface area (Å²) in [6, 6.07) is 8.75. The number of carbonyl (C=O) groups excluding carboxylic acids is 2. The maximum atomic E-state index is 15.1. The fourth-order valence-corrected chi connectivity index (χ4v) is 4.83. The molecule has 2 aromatic heterocycles. The largest absolute Gasteiger partial charge is 1.00 e. The fourth-order valence-electron chi connectivity index (χ4n) is 4.83. The first kappa shape index (κ1) is 30.5. The van der Waals surface area contributed by atoms with Gasteiger partial charge >= 0.3 is 12.0 Å². The highest BCUT2D eigenvalue weighted by atomic mass is 35.5. The second kappa shape index (κ2) is 12.6. The molecule has 2 aromatic carbocycles. The van der Waals surface area contributed by atoms with Gasteiger partial charge in [0.25, 0.3) is 6.33 Å². The minimum atomic E-state index is -2.01. The Kier molecular flexibility index (Phi) is 9.17. The summed E-state index contributed by atoms with van der Waals surface area (Å²) < 4.78 is 38.4. The van der Waals surface area contributed by atoms with Crippen LogP contribution in [0.1, 0.15) is 25.8 Å². The summed E-state index contributed by atoms with van der Waals surface area (Å²) in [6.07, 6.45) is 6.35. The van der Waals surface area contributed by atoms with Crippen molar-refractivity contribution >= 4 is 17.7 Å². The van der Waals surface area contributed by atoms with Crippen LogP contribution in [0.3, 0.4) is 0 Å². The van der Waals surface area contributed by atoms with E-state index >= 15 is 4.39 Å². The number of esters is 1. The molecular weight excluding hydrogens is 574 g/mol. The van der Waals surface area contributed by atoms with E-state index < -0.39 is 29.2 Å². The molecule has 4 aromatic rings. The van der Waals surface area contributed by atoms with Crippen LogP contribution in [0.5, 0.6) is 0 Å². The third-order valence-corrected chi connectivity index (χ3v) is 7.14. The van der Waals surface area contributed by atoms with E-state index in [9.17, 15) is 19.1 Å². The zero-order valence-corrected chi connectivity index (χ0v) is 23.6. The SMILES string of the molecule is CCC(=O)OC[n+]1cnn(C[C@](O)(c2ccc(F)cc2F)[C@@H](C)N2CCN(c3ccc(-n4ccnn4)cc3)C2=O)c1.[Cl-]. The van der Waals surface area contributed by atoms with Crippen molar-refractivity contribution < 1.29 is 45.2 Å². The summed E-state index contributed by atoms with van der Waals surface area (Å²) in [4.78, 5) is 28.1. The van der Waals surface area contributed by atoms with Crippen LogP contribution in [-0.4, -0.2) is 65.9 Å². The lowest BCUT2D eigenvalue weighted by Gasteiger charge is -2.38. The number of aliphatic hydroxyl groups is 1. The van der Waals surface area contributed by atoms with Crippen molar-refractivity contribution in [3.8, 4) is 5.69 Å². The zero-order valence-electron chi connectivity index (χ0n) is 22.8. The highest BCUT2D eigenvalue weighted by molar-refractivity contribution is 5.94. The molecule has 1 N–H and O–H groups in total. The minimum absolute atomic E-state index is 0. The number of amides is 2. The second-order valence-corrected chi connectivity index (χ2v) is 9.67. The van der Waals surface area contributed by atoms with Gasteiger partial charge in [0, 0.05) is 41.9 Å². The molecule has 15 heteroatoms. The van der Waals surface area contributed by atoms with Gasteiger partial charge in [-0.1, -0.05) is 18.2 Å². The van der Waals surface area contributed by atoms with E-state index in [-0.39, 0.29) is 50.2 Å². The Morgan fingerprint density at radius 1 is 1.17 bits per heavy atom. The van der Waals surface area contributed by atoms with E-state index in [1.165, 1.54) is 32.9 Å². The number of urea groups is 1. The Labute approximate surface area is 246 Å². The molecule has 12 nitrogen and oxygen atoms in total. The number of hydrogen-bond acceptors (Lipinski definition) is 7. The van der Waals surface area contributed by atoms with Gasteiger partial charge in [0.1, 0.15) is 23.8 Å². The van der Waals surface area contributed by atoms with Crippen LogP contribution >= 0.6 is 0 Å². The van der Waals surface area contributed by atoms with Crippen LogP contribution in [0.15, 0.2) is 67.5 Å². The predicted molar refractivity (Wildman–Crippen MR) is 139 cm³/mol. The summed E-state index contributed by atoms with van der Waals surface area (Å²) in [5, 5.41) is 24.0. The van der Waals surface area contributed by atoms with Gasteiger partial charge < -0.3 is 27.2 Å². The van der Waals surface area contributed by atoms with Gasteiger partial charge in [-0.15, -0.1) is 9.78 Å². The number of carbonyl (C=O) groups is 2. The van der Waals surface area contributed by atoms with Crippen LogP contribution in [0.25, 0.3) is 5.69 Å². The third-order valence-electron chi connectivity index (χ3n) is 7.14. The Morgan fingerprint density at radius 2 is 1.90 bits per heavy atom. The Hall–Kier alpha value is -4.43. The standard InChI is InChI=1S/C27H29F2N8O4.ClH/c1-3-25(38)41-18-33-16-31-34(17-33)15-27(40,23-9-4-20(28)14-24(23)29)19(2)35-12-13-36(26(35)39)21-5-7-22(8-6-21)37-11-10-30-32-37;/h4-11,14,16-17,19,40H,3,12-13,15,18H2,1-2H3;1H/q+1;/p-1/t19-,27-;/m1./s1. The first-order chi connectivity index (χ1) is 19.7. The minimum Gasteiger partial charge on any atom is -1.00 e. The van der Waals surface area contributed by atoms with Crippen LogP contribution < -0.4 is 21.9 Å². The van der Waals surface area contributed by atoms with Gasteiger partial charge in [-0.2, -0.15) is 0 Å². The van der Waals surface area contributed by atoms with Gasteiger partial charge in [-0.3, -0.25) is 9.69 Å². The van der Waals surface area contributed by atoms with E-state index in [1.54, 1.807) is 60.1 Å². The van der Waals surface area contributed by atoms with E-state index in [1.807, 2.05) is 0 Å². The molecule has 1 aliphatic heterocycles. The van der Waals surface area contributed by atoms with Crippen molar-refractivity contribution in [2.45, 2.75) is 45.2 Å². The first-order valence-corrected chi connectivity index (χ1v) is 13.0. The summed E-state index contributed by atoms with van der Waals surface area (Å²) in [6.45, 7) is 3.49. The molecule has 222 valence electrons. The van der Waals surface area contributed by atoms with Crippen LogP contribution in [-0.2, 0) is 28.4 Å². The summed E-state index contributed by atoms with van der Waals surface area (Å²) in [5.74, 6) is -2.15. The van der Waals surface area contributed by atoms with Gasteiger partial charge in [0.15, 0.2) is 0 Å². The Balaban J connectivity index is 0.00000405. The van der Waals surface area contributed by atoms with Crippen molar-refractivity contribution in [2.75, 3.05) is 18.0 Å². The topological polar surface area (TPSA) is 122 Å². The number of halogens is 3. The molecule has 2 atom stereocenters. The lowest BCUT2D eigenvalue weighted by molar-refractivity contribution is -0.728. The molecule has 0 radical (unpaired) electrons. The maximum absolute atomic E-state index is 15.1. The van der Waals surface area contributed by atoms with Crippen LogP contribution in [0, 0.1) is 11.6 Å². The molecule has 2 amide bonds. The molecule has 0 spiro atoms. The predicted octanol–water partition coefficient (Wildman–Crippen LogP) is -0.837. The lowest BCUT2D eigenvalue weighted by Crippen LogP contribution is -3.00. The quantitative estimate of drug-likeness (QED) is 0.186. The molecule has 3 heterocycles. The average molecular weight is 603 g/mol. The van der Waals surface area contributed by atoms with Crippen molar-refractivity contribution in [2.24, 2.45) is 0 Å². The van der Waals surface area contributed by atoms with Crippen molar-refractivity contribution in [1.29, 1.82) is 0 Å². The molecule has 0 saturated carbocycles. The molecule has 1 aliphatic rings. The van der Waals surface area contributed by atoms with Gasteiger partial charge in [-0.25, -0.2) is 22.8 Å². The molecule has 42 heavy (non-hydrogen) atoms. The number of aromatic nitrogens is 6. The number of anilines is 1. The Bertz CT molecular complexity index is 1540. The summed E-state index contributed by atoms with van der Waals surface area (Å²) in [5.41, 5.74) is -0.788. The number of nitrogens with zero attached hydrogens (tertiary/aromatic N) is 8. The first-order valence-electron chi connectivity index (χ1n) is 13.0. The van der Waals surface area contributed by atoms with E-state index in [2.05, 4.69) is 15.4 Å². The smallest absolute Gasteiger partial charge is 0.324 e. The number of hydrogen-bond donors (Lipinski definition) is 1. The monoisotopic (exact) mass is 602 g/mol. The van der Waals surface area contributed by atoms with E-state index in [0.29, 0.717) is 18.3 Å². The Morgan fingerprint density at radius 3 is 2.57 bits per heavy atom. The van der Waals surface area contributed by atoms with Gasteiger partial charge in [-0.05, 0) is 37.3 Å². The number of ether oxygens (including phenoxy) is 1. The molecule has 0 bridgehead atoms. The van der Waals surface area contributed by atoms with Gasteiger partial charge in [0.05, 0.1) is 24.1 Å². The number of benzene rings is 2. The molecule has 1 saturated heterocycles. The molecular formula is C27H29ClF2N8O4. The average Bonchev–Trinajstić information content (AvgIpc) is 3.73. The fraction of sp³-hybridized carbons (Fsp3) is 0.333. The van der Waals surface area contributed by atoms with Crippen LogP contribution in [0.4, 0.5) is 19.3 Å². The lowest BCUT2D eigenvalue weighted by atomic mass is 9.85. The van der Waals surface area contributed by atoms with Crippen LogP contribution in [0.2, 0.25) is 0 Å². The van der Waals surface area contributed by atoms with Crippen molar-refractivity contribution in [3.05, 3.63) is 84.7 Å². The van der Waals surface area contributed by atoms with E-state index in [0.717, 1.165) is 11.8 Å². The normalized spacial score (nSPS) is 15.3. The van der Waals surface area contributed by atoms with Crippen molar-refractivity contribution in [3.63, 3.8) is 0 Å². The summed E-state index contributed by atoms with van der Waals surface area (Å²) >= 11 is 0. The second-order valence-electron chi connectivity index (χ2n) is 9.67. The maximum Gasteiger partial charge on any atom is 0.324 e. The molecule has 5 rings (SSSR count). The highest BCUT2D eigenvalue weighted by Crippen LogP contribution is 2.35. The summed E-state index contributed by atoms with van der Waals surface area (Å²) in [7, 11) is 0. The number of rotatable bonds is 10. The molecule has 0 aliphatic carbocycles. The highest BCUT2D eigenvalue weighted by Gasteiger charge is 2.47. The van der Waals surface area contributed by atoms with E-state index in [4.69, 9.17) is 4.74 Å². The van der Waals surface area contributed by atoms with Crippen molar-refractivity contribution in [1.82, 2.24) is 29.7 Å². The van der Waals surface area contributed by atoms with Gasteiger partial charge in [0.2, 0.25) is 13.1 Å². The molecule has 0 unspecified atom stereocenters. The third kappa shape index (κ3) is 6.09.